The van der Waals surface area contributed by atoms with Crippen LogP contribution in [0.3, 0.4) is 0 Å². The molecule has 0 unspecified atom stereocenters. The van der Waals surface area contributed by atoms with E-state index in [2.05, 4.69) is 23.2 Å². The molecule has 3 heteroatoms. The smallest absolute Gasteiger partial charge is 0.131 e. The Balaban J connectivity index is 1.82. The van der Waals surface area contributed by atoms with E-state index in [-0.39, 0.29) is 0 Å². The zero-order valence-corrected chi connectivity index (χ0v) is 12.3. The van der Waals surface area contributed by atoms with Crippen LogP contribution < -0.4 is 10.5 Å². The fraction of sp³-hybridized carbons (Fsp3) is 0.167. The first-order valence-electron chi connectivity index (χ1n) is 6.97. The van der Waals surface area contributed by atoms with Gasteiger partial charge in [-0.2, -0.15) is 0 Å². The molecule has 0 bridgehead atoms. The van der Waals surface area contributed by atoms with Gasteiger partial charge in [0.15, 0.2) is 0 Å². The van der Waals surface area contributed by atoms with Crippen molar-refractivity contribution in [2.24, 2.45) is 0 Å². The fourth-order valence-corrected chi connectivity index (χ4v) is 2.35. The van der Waals surface area contributed by atoms with E-state index in [4.69, 9.17) is 10.5 Å². The van der Waals surface area contributed by atoms with Crippen molar-refractivity contribution in [2.45, 2.75) is 20.5 Å². The van der Waals surface area contributed by atoms with Crippen molar-refractivity contribution in [3.05, 3.63) is 65.5 Å². The number of pyridine rings is 1. The van der Waals surface area contributed by atoms with Crippen LogP contribution in [-0.2, 0) is 6.61 Å². The number of fused-ring (bicyclic) bond motifs is 1. The summed E-state index contributed by atoms with van der Waals surface area (Å²) < 4.78 is 5.86. The molecule has 1 heterocycles. The third-order valence-electron chi connectivity index (χ3n) is 3.77. The molecule has 0 amide bonds. The van der Waals surface area contributed by atoms with Crippen LogP contribution in [0.5, 0.6) is 5.75 Å². The highest BCUT2D eigenvalue weighted by atomic mass is 16.5. The number of anilines is 1. The molecule has 3 rings (SSSR count). The van der Waals surface area contributed by atoms with E-state index >= 15 is 0 Å². The van der Waals surface area contributed by atoms with Crippen molar-refractivity contribution < 1.29 is 4.74 Å². The lowest BCUT2D eigenvalue weighted by atomic mass is 10.1. The molecular formula is C18H18N2O. The predicted molar refractivity (Wildman–Crippen MR) is 86.4 cm³/mol. The normalized spacial score (nSPS) is 10.8. The molecular weight excluding hydrogens is 260 g/mol. The quantitative estimate of drug-likeness (QED) is 0.787. The zero-order valence-electron chi connectivity index (χ0n) is 12.3. The van der Waals surface area contributed by atoms with Gasteiger partial charge in [0.25, 0.3) is 0 Å². The number of nitrogen functional groups attached to an aromatic ring is 1. The van der Waals surface area contributed by atoms with Crippen LogP contribution in [0.4, 0.5) is 5.69 Å². The van der Waals surface area contributed by atoms with Crippen molar-refractivity contribution >= 4 is 16.5 Å². The van der Waals surface area contributed by atoms with Crippen molar-refractivity contribution in [1.82, 2.24) is 4.98 Å². The second-order valence-corrected chi connectivity index (χ2v) is 5.22. The Morgan fingerprint density at radius 3 is 2.62 bits per heavy atom. The maximum Gasteiger partial charge on any atom is 0.131 e. The van der Waals surface area contributed by atoms with E-state index in [1.54, 1.807) is 6.20 Å². The van der Waals surface area contributed by atoms with E-state index in [9.17, 15) is 0 Å². The van der Waals surface area contributed by atoms with Crippen LogP contribution in [0.15, 0.2) is 48.7 Å². The fourth-order valence-electron chi connectivity index (χ4n) is 2.35. The molecule has 1 aromatic heterocycles. The van der Waals surface area contributed by atoms with Gasteiger partial charge in [-0.1, -0.05) is 30.3 Å². The van der Waals surface area contributed by atoms with Gasteiger partial charge < -0.3 is 10.5 Å². The van der Waals surface area contributed by atoms with Gasteiger partial charge in [0, 0.05) is 11.9 Å². The maximum atomic E-state index is 6.03. The molecule has 3 nitrogen and oxygen atoms in total. The van der Waals surface area contributed by atoms with Gasteiger partial charge in [0.1, 0.15) is 12.4 Å². The Labute approximate surface area is 124 Å². The topological polar surface area (TPSA) is 48.1 Å². The maximum absolute atomic E-state index is 6.03. The third kappa shape index (κ3) is 2.68. The van der Waals surface area contributed by atoms with Crippen molar-refractivity contribution in [3.8, 4) is 5.75 Å². The van der Waals surface area contributed by atoms with Gasteiger partial charge in [-0.25, -0.2) is 0 Å². The molecule has 0 fully saturated rings. The third-order valence-corrected chi connectivity index (χ3v) is 3.77. The monoisotopic (exact) mass is 278 g/mol. The molecule has 0 saturated heterocycles. The van der Waals surface area contributed by atoms with Crippen LogP contribution in [-0.4, -0.2) is 4.98 Å². The van der Waals surface area contributed by atoms with Gasteiger partial charge in [-0.3, -0.25) is 4.98 Å². The highest BCUT2D eigenvalue weighted by molar-refractivity contribution is 5.83. The summed E-state index contributed by atoms with van der Waals surface area (Å²) >= 11 is 0. The van der Waals surface area contributed by atoms with Crippen LogP contribution in [0, 0.1) is 13.8 Å². The number of nitrogens with zero attached hydrogens (tertiary/aromatic N) is 1. The average molecular weight is 278 g/mol. The molecule has 106 valence electrons. The average Bonchev–Trinajstić information content (AvgIpc) is 2.52. The molecule has 0 aliphatic carbocycles. The summed E-state index contributed by atoms with van der Waals surface area (Å²) in [6.07, 6.45) is 1.79. The van der Waals surface area contributed by atoms with Crippen molar-refractivity contribution in [2.75, 3.05) is 5.73 Å². The van der Waals surface area contributed by atoms with Crippen LogP contribution >= 0.6 is 0 Å². The number of aryl methyl sites for hydroxylation is 1. The number of rotatable bonds is 3. The van der Waals surface area contributed by atoms with E-state index in [1.165, 1.54) is 10.8 Å². The minimum atomic E-state index is 0.425. The molecule has 2 N–H and O–H groups in total. The summed E-state index contributed by atoms with van der Waals surface area (Å²) in [6.45, 7) is 4.37. The highest BCUT2D eigenvalue weighted by Crippen LogP contribution is 2.23. The lowest BCUT2D eigenvalue weighted by Crippen LogP contribution is -2.05. The van der Waals surface area contributed by atoms with Gasteiger partial charge in [-0.15, -0.1) is 0 Å². The number of nitrogens with two attached hydrogens (primary N) is 1. The first-order chi connectivity index (χ1) is 10.1. The molecule has 0 radical (unpaired) electrons. The summed E-state index contributed by atoms with van der Waals surface area (Å²) in [4.78, 5) is 4.41. The van der Waals surface area contributed by atoms with Crippen LogP contribution in [0.1, 0.15) is 16.8 Å². The minimum absolute atomic E-state index is 0.425. The van der Waals surface area contributed by atoms with Gasteiger partial charge in [0.2, 0.25) is 0 Å². The number of hydrogen-bond acceptors (Lipinski definition) is 3. The highest BCUT2D eigenvalue weighted by Gasteiger charge is 2.07. The summed E-state index contributed by atoms with van der Waals surface area (Å²) in [6, 6.07) is 14.3. The zero-order chi connectivity index (χ0) is 14.8. The lowest BCUT2D eigenvalue weighted by molar-refractivity contribution is 0.301. The SMILES string of the molecule is Cc1cnc(COc2ccc3ccccc3c2)c(C)c1N. The van der Waals surface area contributed by atoms with Gasteiger partial charge in [-0.05, 0) is 47.9 Å². The summed E-state index contributed by atoms with van der Waals surface area (Å²) in [5.41, 5.74) is 9.70. The molecule has 3 aromatic rings. The van der Waals surface area contributed by atoms with Crippen molar-refractivity contribution in [1.29, 1.82) is 0 Å². The molecule has 2 aromatic carbocycles. The van der Waals surface area contributed by atoms with Crippen LogP contribution in [0.25, 0.3) is 10.8 Å². The van der Waals surface area contributed by atoms with E-state index in [1.807, 2.05) is 38.1 Å². The molecule has 0 aliphatic heterocycles. The Bertz CT molecular complexity index is 796. The Morgan fingerprint density at radius 2 is 1.81 bits per heavy atom. The Hall–Kier alpha value is -2.55. The number of aromatic nitrogens is 1. The second-order valence-electron chi connectivity index (χ2n) is 5.22. The van der Waals surface area contributed by atoms with E-state index in [0.29, 0.717) is 6.61 Å². The predicted octanol–water partition coefficient (Wildman–Crippen LogP) is 4.01. The number of benzene rings is 2. The summed E-state index contributed by atoms with van der Waals surface area (Å²) in [5.74, 6) is 0.842. The van der Waals surface area contributed by atoms with E-state index < -0.39 is 0 Å². The van der Waals surface area contributed by atoms with E-state index in [0.717, 1.165) is 28.3 Å². The lowest BCUT2D eigenvalue weighted by Gasteiger charge is -2.11. The number of hydrogen-bond donors (Lipinski definition) is 1. The first kappa shape index (κ1) is 13.4. The summed E-state index contributed by atoms with van der Waals surface area (Å²) in [7, 11) is 0. The Kier molecular flexibility index (Phi) is 3.48. The largest absolute Gasteiger partial charge is 0.487 e. The minimum Gasteiger partial charge on any atom is -0.487 e. The van der Waals surface area contributed by atoms with Gasteiger partial charge in [0.05, 0.1) is 5.69 Å². The standard InChI is InChI=1S/C18H18N2O/c1-12-10-20-17(13(2)18(12)19)11-21-16-8-7-14-5-3-4-6-15(14)9-16/h3-10H,11H2,1-2H3,(H2,19,20). The molecule has 21 heavy (non-hydrogen) atoms. The van der Waals surface area contributed by atoms with Gasteiger partial charge >= 0.3 is 0 Å². The molecule has 0 atom stereocenters. The Morgan fingerprint density at radius 1 is 1.05 bits per heavy atom. The molecule has 0 saturated carbocycles. The molecule has 0 spiro atoms. The second kappa shape index (κ2) is 5.44. The summed E-state index contributed by atoms with van der Waals surface area (Å²) in [5, 5.41) is 2.38. The number of ether oxygens (including phenoxy) is 1. The molecule has 0 aliphatic rings. The van der Waals surface area contributed by atoms with Crippen molar-refractivity contribution in [3.63, 3.8) is 0 Å². The van der Waals surface area contributed by atoms with Crippen LogP contribution in [0.2, 0.25) is 0 Å². The first-order valence-corrected chi connectivity index (χ1v) is 6.97.